The minimum Gasteiger partial charge on any atom is -0.492 e. The van der Waals surface area contributed by atoms with Crippen LogP contribution >= 0.6 is 31.9 Å². The van der Waals surface area contributed by atoms with Gasteiger partial charge in [-0.05, 0) is 48.4 Å². The summed E-state index contributed by atoms with van der Waals surface area (Å²) in [5.74, 6) is 0.360. The molecule has 0 aliphatic rings. The monoisotopic (exact) mass is 498 g/mol. The first-order chi connectivity index (χ1) is 12.8. The molecule has 0 fully saturated rings. The molecule has 144 valence electrons. The van der Waals surface area contributed by atoms with Crippen molar-refractivity contribution < 1.29 is 19.1 Å². The largest absolute Gasteiger partial charge is 0.492 e. The number of carbonyl (C=O) groups excluding carboxylic acids is 2. The minimum atomic E-state index is -0.481. The zero-order chi connectivity index (χ0) is 19.8. The third kappa shape index (κ3) is 7.22. The highest BCUT2D eigenvalue weighted by Crippen LogP contribution is 2.23. The van der Waals surface area contributed by atoms with Crippen molar-refractivity contribution in [2.75, 3.05) is 13.2 Å². The Bertz CT molecular complexity index is 795. The van der Waals surface area contributed by atoms with Crippen LogP contribution in [0.1, 0.15) is 24.2 Å². The fourth-order valence-electron chi connectivity index (χ4n) is 1.97. The van der Waals surface area contributed by atoms with Gasteiger partial charge in [-0.2, -0.15) is 0 Å². The van der Waals surface area contributed by atoms with Gasteiger partial charge in [-0.3, -0.25) is 20.4 Å². The van der Waals surface area contributed by atoms with E-state index in [2.05, 4.69) is 42.7 Å². The van der Waals surface area contributed by atoms with Gasteiger partial charge in [0.25, 0.3) is 11.8 Å². The summed E-state index contributed by atoms with van der Waals surface area (Å²) in [6.45, 7) is 4.29. The summed E-state index contributed by atoms with van der Waals surface area (Å²) in [4.78, 5) is 24.3. The van der Waals surface area contributed by atoms with E-state index in [0.29, 0.717) is 29.6 Å². The molecule has 0 atom stereocenters. The number of benzene rings is 2. The van der Waals surface area contributed by atoms with Crippen molar-refractivity contribution in [3.8, 4) is 11.5 Å². The lowest BCUT2D eigenvalue weighted by molar-refractivity contribution is -0.123. The Morgan fingerprint density at radius 2 is 1.63 bits per heavy atom. The number of hydrogen-bond donors (Lipinski definition) is 2. The Morgan fingerprint density at radius 3 is 2.30 bits per heavy atom. The number of hydrazine groups is 1. The van der Waals surface area contributed by atoms with Gasteiger partial charge in [0, 0.05) is 8.95 Å². The van der Waals surface area contributed by atoms with E-state index in [-0.39, 0.29) is 6.61 Å². The van der Waals surface area contributed by atoms with E-state index in [1.807, 2.05) is 13.8 Å². The molecule has 0 unspecified atom stereocenters. The van der Waals surface area contributed by atoms with Crippen LogP contribution in [0.5, 0.6) is 11.5 Å². The van der Waals surface area contributed by atoms with Gasteiger partial charge in [0.05, 0.1) is 12.2 Å². The molecule has 6 nitrogen and oxygen atoms in total. The molecule has 27 heavy (non-hydrogen) atoms. The maximum atomic E-state index is 12.4. The first-order valence-corrected chi connectivity index (χ1v) is 9.83. The maximum Gasteiger partial charge on any atom is 0.276 e. The summed E-state index contributed by atoms with van der Waals surface area (Å²) in [7, 11) is 0. The first kappa shape index (κ1) is 21.2. The summed E-state index contributed by atoms with van der Waals surface area (Å²) < 4.78 is 12.7. The Morgan fingerprint density at radius 1 is 0.963 bits per heavy atom. The van der Waals surface area contributed by atoms with Crippen LogP contribution in [-0.4, -0.2) is 25.0 Å². The van der Waals surface area contributed by atoms with Crippen LogP contribution in [0.25, 0.3) is 0 Å². The van der Waals surface area contributed by atoms with Crippen molar-refractivity contribution in [2.45, 2.75) is 13.8 Å². The molecule has 2 amide bonds. The highest BCUT2D eigenvalue weighted by atomic mass is 79.9. The Balaban J connectivity index is 1.89. The van der Waals surface area contributed by atoms with Crippen molar-refractivity contribution in [3.63, 3.8) is 0 Å². The third-order valence-electron chi connectivity index (χ3n) is 3.26. The summed E-state index contributed by atoms with van der Waals surface area (Å²) in [6.07, 6.45) is 0. The molecule has 8 heteroatoms. The van der Waals surface area contributed by atoms with Gasteiger partial charge in [-0.25, -0.2) is 0 Å². The molecule has 0 radical (unpaired) electrons. The van der Waals surface area contributed by atoms with Gasteiger partial charge in [-0.15, -0.1) is 0 Å². The van der Waals surface area contributed by atoms with Gasteiger partial charge in [0.15, 0.2) is 6.61 Å². The van der Waals surface area contributed by atoms with Crippen LogP contribution in [-0.2, 0) is 4.79 Å². The Hall–Kier alpha value is -2.06. The van der Waals surface area contributed by atoms with Crippen LogP contribution in [0.2, 0.25) is 0 Å². The lowest BCUT2D eigenvalue weighted by atomic mass is 10.2. The van der Waals surface area contributed by atoms with E-state index in [1.54, 1.807) is 42.5 Å². The standard InChI is InChI=1S/C19H20Br2N2O4/c1-12(2)10-27-17-8-5-14(21)9-16(17)19(25)23-22-18(24)11-26-15-6-3-13(20)4-7-15/h3-9,12H,10-11H2,1-2H3,(H,22,24)(H,23,25). The van der Waals surface area contributed by atoms with Gasteiger partial charge in [0.2, 0.25) is 0 Å². The van der Waals surface area contributed by atoms with E-state index in [4.69, 9.17) is 9.47 Å². The smallest absolute Gasteiger partial charge is 0.276 e. The molecule has 2 rings (SSSR count). The Labute approximate surface area is 174 Å². The topological polar surface area (TPSA) is 76.7 Å². The molecule has 2 N–H and O–H groups in total. The zero-order valence-corrected chi connectivity index (χ0v) is 18.1. The molecule has 0 aromatic heterocycles. The molecule has 0 spiro atoms. The normalized spacial score (nSPS) is 10.4. The third-order valence-corrected chi connectivity index (χ3v) is 4.28. The lowest BCUT2D eigenvalue weighted by Crippen LogP contribution is -2.44. The molecule has 0 aliphatic carbocycles. The second-order valence-corrected chi connectivity index (χ2v) is 7.92. The quantitative estimate of drug-likeness (QED) is 0.562. The molecule has 2 aromatic rings. The van der Waals surface area contributed by atoms with Crippen LogP contribution < -0.4 is 20.3 Å². The van der Waals surface area contributed by atoms with Crippen molar-refractivity contribution in [2.24, 2.45) is 5.92 Å². The number of carbonyl (C=O) groups is 2. The van der Waals surface area contributed by atoms with Gasteiger partial charge in [-0.1, -0.05) is 45.7 Å². The predicted molar refractivity (Wildman–Crippen MR) is 110 cm³/mol. The molecule has 0 saturated heterocycles. The predicted octanol–water partition coefficient (Wildman–Crippen LogP) is 4.09. The molecular formula is C19H20Br2N2O4. The number of amides is 2. The minimum absolute atomic E-state index is 0.225. The first-order valence-electron chi connectivity index (χ1n) is 8.25. The molecule has 0 heterocycles. The van der Waals surface area contributed by atoms with Crippen molar-refractivity contribution in [3.05, 3.63) is 57.0 Å². The highest BCUT2D eigenvalue weighted by molar-refractivity contribution is 9.10. The number of nitrogens with one attached hydrogen (secondary N) is 2. The number of halogens is 2. The molecule has 0 saturated carbocycles. The van der Waals surface area contributed by atoms with Crippen LogP contribution in [0.3, 0.4) is 0 Å². The van der Waals surface area contributed by atoms with E-state index in [1.165, 1.54) is 0 Å². The van der Waals surface area contributed by atoms with Crippen LogP contribution in [0.4, 0.5) is 0 Å². The number of hydrogen-bond acceptors (Lipinski definition) is 4. The zero-order valence-electron chi connectivity index (χ0n) is 14.9. The molecule has 2 aromatic carbocycles. The summed E-state index contributed by atoms with van der Waals surface area (Å²) in [5.41, 5.74) is 5.02. The van der Waals surface area contributed by atoms with Crippen molar-refractivity contribution >= 4 is 43.7 Å². The van der Waals surface area contributed by atoms with E-state index in [9.17, 15) is 9.59 Å². The molecular weight excluding hydrogens is 480 g/mol. The van der Waals surface area contributed by atoms with Gasteiger partial charge < -0.3 is 9.47 Å². The fraction of sp³-hybridized carbons (Fsp3) is 0.263. The molecule has 0 bridgehead atoms. The maximum absolute atomic E-state index is 12.4. The average Bonchev–Trinajstić information content (AvgIpc) is 2.64. The van der Waals surface area contributed by atoms with Crippen molar-refractivity contribution in [1.82, 2.24) is 10.9 Å². The number of ether oxygens (including phenoxy) is 2. The fourth-order valence-corrected chi connectivity index (χ4v) is 2.60. The van der Waals surface area contributed by atoms with E-state index >= 15 is 0 Å². The van der Waals surface area contributed by atoms with Crippen molar-refractivity contribution in [1.29, 1.82) is 0 Å². The van der Waals surface area contributed by atoms with Gasteiger partial charge in [0.1, 0.15) is 11.5 Å². The summed E-state index contributed by atoms with van der Waals surface area (Å²) >= 11 is 6.66. The Kier molecular flexibility index (Phi) is 8.12. The SMILES string of the molecule is CC(C)COc1ccc(Br)cc1C(=O)NNC(=O)COc1ccc(Br)cc1. The van der Waals surface area contributed by atoms with Gasteiger partial charge >= 0.3 is 0 Å². The summed E-state index contributed by atoms with van der Waals surface area (Å²) in [5, 5.41) is 0. The second-order valence-electron chi connectivity index (χ2n) is 6.09. The average molecular weight is 500 g/mol. The second kappa shape index (κ2) is 10.3. The molecule has 0 aliphatic heterocycles. The van der Waals surface area contributed by atoms with E-state index < -0.39 is 11.8 Å². The number of rotatable bonds is 7. The van der Waals surface area contributed by atoms with Crippen LogP contribution in [0.15, 0.2) is 51.4 Å². The lowest BCUT2D eigenvalue weighted by Gasteiger charge is -2.14. The van der Waals surface area contributed by atoms with E-state index in [0.717, 1.165) is 8.95 Å². The van der Waals surface area contributed by atoms with Crippen LogP contribution in [0, 0.1) is 5.92 Å². The summed E-state index contributed by atoms with van der Waals surface area (Å²) in [6, 6.07) is 12.2. The highest BCUT2D eigenvalue weighted by Gasteiger charge is 2.15.